The predicted octanol–water partition coefficient (Wildman–Crippen LogP) is -2.60. The average Bonchev–Trinajstić information content (AvgIpc) is 2.90. The molecule has 0 saturated carbocycles. The van der Waals surface area contributed by atoms with E-state index in [9.17, 15) is 25.2 Å². The predicted molar refractivity (Wildman–Crippen MR) is 83.4 cm³/mol. The van der Waals surface area contributed by atoms with Crippen LogP contribution >= 0.6 is 11.8 Å². The summed E-state index contributed by atoms with van der Waals surface area (Å²) < 4.78 is 6.61. The summed E-state index contributed by atoms with van der Waals surface area (Å²) in [5.41, 5.74) is 5.32. The van der Waals surface area contributed by atoms with Crippen LogP contribution in [0.1, 0.15) is 6.23 Å². The molecule has 2 aromatic heterocycles. The zero-order chi connectivity index (χ0) is 17.6. The second-order valence-corrected chi connectivity index (χ2v) is 6.10. The number of hydrogen-bond acceptors (Lipinski definition) is 10. The summed E-state index contributed by atoms with van der Waals surface area (Å²) in [6.07, 6.45) is -5.35. The average molecular weight is 359 g/mol. The molecular weight excluding hydrogens is 342 g/mol. The van der Waals surface area contributed by atoms with Crippen LogP contribution in [0.2, 0.25) is 0 Å². The summed E-state index contributed by atoms with van der Waals surface area (Å²) in [6, 6.07) is 0. The highest BCUT2D eigenvalue weighted by atomic mass is 32.2. The molecule has 0 unspecified atom stereocenters. The first-order chi connectivity index (χ1) is 11.4. The van der Waals surface area contributed by atoms with E-state index in [1.165, 1.54) is 11.8 Å². The zero-order valence-corrected chi connectivity index (χ0v) is 13.3. The number of thioether (sulfide) groups is 1. The summed E-state index contributed by atoms with van der Waals surface area (Å²) in [5.74, 6) is -0.161. The number of aromatic nitrogens is 4. The number of nitrogens with zero attached hydrogens (tertiary/aromatic N) is 3. The van der Waals surface area contributed by atoms with Gasteiger partial charge in [0.25, 0.3) is 5.56 Å². The monoisotopic (exact) mass is 359 g/mol. The highest BCUT2D eigenvalue weighted by Gasteiger charge is 2.45. The largest absolute Gasteiger partial charge is 0.394 e. The van der Waals surface area contributed by atoms with E-state index in [-0.39, 0.29) is 17.1 Å². The van der Waals surface area contributed by atoms with Gasteiger partial charge < -0.3 is 30.9 Å². The van der Waals surface area contributed by atoms with Gasteiger partial charge in [-0.3, -0.25) is 14.3 Å². The Kier molecular flexibility index (Phi) is 4.50. The minimum Gasteiger partial charge on any atom is -0.394 e. The van der Waals surface area contributed by atoms with E-state index in [1.54, 1.807) is 6.26 Å². The molecule has 0 aliphatic carbocycles. The maximum Gasteiger partial charge on any atom is 0.279 e. The molecule has 3 heterocycles. The number of ether oxygens (including phenoxy) is 1. The Morgan fingerprint density at radius 1 is 1.29 bits per heavy atom. The van der Waals surface area contributed by atoms with Gasteiger partial charge in [0.15, 0.2) is 22.5 Å². The number of imidazole rings is 1. The molecule has 1 saturated heterocycles. The molecule has 5 atom stereocenters. The van der Waals surface area contributed by atoms with E-state index >= 15 is 0 Å². The fourth-order valence-corrected chi connectivity index (χ4v) is 3.00. The van der Waals surface area contributed by atoms with Crippen molar-refractivity contribution >= 4 is 28.9 Å². The fourth-order valence-electron chi connectivity index (χ4n) is 2.62. The number of fused-ring (bicyclic) bond motifs is 1. The first kappa shape index (κ1) is 17.1. The number of nitrogens with one attached hydrogen (secondary N) is 1. The maximum absolute atomic E-state index is 12.1. The van der Waals surface area contributed by atoms with Crippen molar-refractivity contribution in [1.82, 2.24) is 19.5 Å². The number of anilines is 1. The normalized spacial score (nSPS) is 30.8. The number of aliphatic hydroxyl groups excluding tert-OH is 4. The summed E-state index contributed by atoms with van der Waals surface area (Å²) in [7, 11) is 0. The maximum atomic E-state index is 12.1. The Morgan fingerprint density at radius 3 is 2.62 bits per heavy atom. The molecule has 7 N–H and O–H groups in total. The Morgan fingerprint density at radius 2 is 2.00 bits per heavy atom. The molecule has 0 amide bonds. The molecule has 11 nitrogen and oxygen atoms in total. The Labute approximate surface area is 139 Å². The van der Waals surface area contributed by atoms with Crippen molar-refractivity contribution in [3.05, 3.63) is 10.4 Å². The van der Waals surface area contributed by atoms with Gasteiger partial charge in [-0.25, -0.2) is 9.97 Å². The lowest BCUT2D eigenvalue weighted by atomic mass is 9.98. The number of aliphatic hydroxyl groups is 4. The molecule has 0 aromatic carbocycles. The number of rotatable bonds is 3. The molecular formula is C12H17N5O6S. The lowest BCUT2D eigenvalue weighted by Gasteiger charge is -2.40. The van der Waals surface area contributed by atoms with Crippen molar-refractivity contribution < 1.29 is 25.2 Å². The van der Waals surface area contributed by atoms with Crippen LogP contribution in [0.5, 0.6) is 0 Å². The third-order valence-electron chi connectivity index (χ3n) is 3.87. The fraction of sp³-hybridized carbons (Fsp3) is 0.583. The number of aromatic amines is 1. The van der Waals surface area contributed by atoms with Crippen LogP contribution in [-0.4, -0.2) is 77.2 Å². The minimum atomic E-state index is -1.58. The van der Waals surface area contributed by atoms with E-state index in [4.69, 9.17) is 10.5 Å². The van der Waals surface area contributed by atoms with Gasteiger partial charge in [-0.2, -0.15) is 0 Å². The Hall–Kier alpha value is -1.70. The van der Waals surface area contributed by atoms with Gasteiger partial charge in [0.2, 0.25) is 5.95 Å². The van der Waals surface area contributed by atoms with Crippen LogP contribution in [0, 0.1) is 0 Å². The molecule has 0 bridgehead atoms. The van der Waals surface area contributed by atoms with Crippen molar-refractivity contribution in [3.8, 4) is 0 Å². The van der Waals surface area contributed by atoms with Gasteiger partial charge >= 0.3 is 0 Å². The smallest absolute Gasteiger partial charge is 0.279 e. The van der Waals surface area contributed by atoms with Crippen LogP contribution in [0.15, 0.2) is 9.95 Å². The van der Waals surface area contributed by atoms with Gasteiger partial charge in [0, 0.05) is 0 Å². The van der Waals surface area contributed by atoms with Gasteiger partial charge in [0.1, 0.15) is 24.4 Å². The molecule has 1 aliphatic rings. The van der Waals surface area contributed by atoms with Crippen LogP contribution in [0.25, 0.3) is 11.2 Å². The van der Waals surface area contributed by atoms with Crippen molar-refractivity contribution in [3.63, 3.8) is 0 Å². The molecule has 0 spiro atoms. The molecule has 0 radical (unpaired) electrons. The van der Waals surface area contributed by atoms with Crippen molar-refractivity contribution in [2.24, 2.45) is 0 Å². The standard InChI is InChI=1S/C12H17N5O6S/c1-24-12-15-8-4(9(22)16-12)14-11(13)17(8)10-7(21)6(20)5(19)3(2-18)23-10/h3,5-7,10,18-21H,2H2,1H3,(H2,13,14)(H,15,16,22)/t3-,5-,6+,7-,10-/m1/s1. The molecule has 3 rings (SSSR count). The first-order valence-electron chi connectivity index (χ1n) is 7.01. The van der Waals surface area contributed by atoms with Gasteiger partial charge in [-0.1, -0.05) is 11.8 Å². The number of H-pyrrole nitrogens is 1. The van der Waals surface area contributed by atoms with Crippen LogP contribution in [0.3, 0.4) is 0 Å². The van der Waals surface area contributed by atoms with Crippen molar-refractivity contribution in [2.45, 2.75) is 35.8 Å². The van der Waals surface area contributed by atoms with Gasteiger partial charge in [-0.05, 0) is 6.26 Å². The highest BCUT2D eigenvalue weighted by Crippen LogP contribution is 2.32. The van der Waals surface area contributed by atoms with E-state index in [0.29, 0.717) is 5.16 Å². The molecule has 132 valence electrons. The topological polar surface area (TPSA) is 180 Å². The van der Waals surface area contributed by atoms with E-state index in [0.717, 1.165) is 4.57 Å². The molecule has 12 heteroatoms. The van der Waals surface area contributed by atoms with Crippen LogP contribution in [-0.2, 0) is 4.74 Å². The molecule has 24 heavy (non-hydrogen) atoms. The highest BCUT2D eigenvalue weighted by molar-refractivity contribution is 7.98. The minimum absolute atomic E-state index is 0.0535. The summed E-state index contributed by atoms with van der Waals surface area (Å²) >= 11 is 1.19. The number of hydrogen-bond donors (Lipinski definition) is 6. The Balaban J connectivity index is 2.16. The second kappa shape index (κ2) is 6.31. The van der Waals surface area contributed by atoms with Crippen molar-refractivity contribution in [2.75, 3.05) is 18.6 Å². The molecule has 1 aliphatic heterocycles. The molecule has 1 fully saturated rings. The molecule has 2 aromatic rings. The third-order valence-corrected chi connectivity index (χ3v) is 4.45. The zero-order valence-electron chi connectivity index (χ0n) is 12.5. The van der Waals surface area contributed by atoms with Crippen LogP contribution in [0.4, 0.5) is 5.95 Å². The van der Waals surface area contributed by atoms with Crippen molar-refractivity contribution in [1.29, 1.82) is 0 Å². The van der Waals surface area contributed by atoms with E-state index in [1.807, 2.05) is 0 Å². The number of nitrogen functional groups attached to an aromatic ring is 1. The lowest BCUT2D eigenvalue weighted by molar-refractivity contribution is -0.250. The summed E-state index contributed by atoms with van der Waals surface area (Å²) in [5, 5.41) is 39.6. The number of nitrogens with two attached hydrogens (primary N) is 1. The van der Waals surface area contributed by atoms with Gasteiger partial charge in [-0.15, -0.1) is 0 Å². The third kappa shape index (κ3) is 2.56. The second-order valence-electron chi connectivity index (χ2n) is 5.31. The van der Waals surface area contributed by atoms with E-state index < -0.39 is 42.8 Å². The summed E-state index contributed by atoms with van der Waals surface area (Å²) in [4.78, 5) is 22.7. The van der Waals surface area contributed by atoms with Crippen LogP contribution < -0.4 is 11.3 Å². The van der Waals surface area contributed by atoms with E-state index in [2.05, 4.69) is 15.0 Å². The SMILES string of the molecule is CSc1nc2c(nc(N)n2[C@@H]2O[C@H](CO)[C@@H](O)[C@H](O)[C@H]2O)c(=O)[nH]1. The first-order valence-corrected chi connectivity index (χ1v) is 8.23. The quantitative estimate of drug-likeness (QED) is 0.251. The summed E-state index contributed by atoms with van der Waals surface area (Å²) in [6.45, 7) is -0.585. The Bertz CT molecular complexity index is 807. The van der Waals surface area contributed by atoms with Gasteiger partial charge in [0.05, 0.1) is 6.61 Å². The lowest BCUT2D eigenvalue weighted by Crippen LogP contribution is -2.56.